The van der Waals surface area contributed by atoms with E-state index in [0.29, 0.717) is 5.69 Å². The normalized spacial score (nSPS) is 11.3. The van der Waals surface area contributed by atoms with Crippen molar-refractivity contribution in [2.45, 2.75) is 11.8 Å². The average Bonchev–Trinajstić information content (AvgIpc) is 2.33. The first-order valence-corrected chi connectivity index (χ1v) is 7.27. The second-order valence-corrected chi connectivity index (χ2v) is 5.96. The molecule has 0 heterocycles. The first-order chi connectivity index (χ1) is 9.27. The third kappa shape index (κ3) is 3.06. The molecule has 0 bridgehead atoms. The molecule has 0 aliphatic heterocycles. The Labute approximate surface area is 116 Å². The van der Waals surface area contributed by atoms with Crippen LogP contribution in [0.5, 0.6) is 0 Å². The fourth-order valence-electron chi connectivity index (χ4n) is 1.70. The zero-order chi connectivity index (χ0) is 14.9. The number of nitrogen functional groups attached to an aromatic ring is 1. The van der Waals surface area contributed by atoms with Gasteiger partial charge in [0, 0.05) is 0 Å². The Morgan fingerprint density at radius 3 is 2.30 bits per heavy atom. The minimum atomic E-state index is -3.81. The molecule has 5 N–H and O–H groups in total. The zero-order valence-corrected chi connectivity index (χ0v) is 11.5. The van der Waals surface area contributed by atoms with Crippen LogP contribution in [0.3, 0.4) is 0 Å². The summed E-state index contributed by atoms with van der Waals surface area (Å²) in [5.74, 6) is -0.417. The van der Waals surface area contributed by atoms with Crippen molar-refractivity contribution in [3.8, 4) is 0 Å². The molecule has 0 spiro atoms. The van der Waals surface area contributed by atoms with Gasteiger partial charge in [0.05, 0.1) is 22.0 Å². The minimum absolute atomic E-state index is 0.0927. The topological polar surface area (TPSA) is 98.2 Å². The lowest BCUT2D eigenvalue weighted by Crippen LogP contribution is -2.12. The number of sulfonamides is 1. The maximum absolute atomic E-state index is 13.7. The third-order valence-corrected chi connectivity index (χ3v) is 3.66. The Hall–Kier alpha value is -2.12. The molecule has 106 valence electrons. The molecule has 5 nitrogen and oxygen atoms in total. The van der Waals surface area contributed by atoms with E-state index in [4.69, 9.17) is 10.9 Å². The van der Waals surface area contributed by atoms with Crippen LogP contribution in [0, 0.1) is 12.7 Å². The molecule has 0 amide bonds. The summed E-state index contributed by atoms with van der Waals surface area (Å²) in [5.41, 5.74) is 7.36. The van der Waals surface area contributed by atoms with E-state index in [-0.39, 0.29) is 16.3 Å². The largest absolute Gasteiger partial charge is 0.397 e. The van der Waals surface area contributed by atoms with Gasteiger partial charge in [0.1, 0.15) is 5.82 Å². The number of halogens is 1. The maximum Gasteiger partial charge on any atom is 0.238 e. The van der Waals surface area contributed by atoms with Crippen molar-refractivity contribution in [2.75, 3.05) is 11.1 Å². The summed E-state index contributed by atoms with van der Waals surface area (Å²) in [7, 11) is -3.81. The van der Waals surface area contributed by atoms with Crippen molar-refractivity contribution < 1.29 is 12.8 Å². The number of aryl methyl sites for hydroxylation is 1. The number of anilines is 3. The number of primary sulfonamides is 1. The molecular formula is C13H14FN3O2S. The van der Waals surface area contributed by atoms with Gasteiger partial charge in [0.2, 0.25) is 10.0 Å². The van der Waals surface area contributed by atoms with E-state index in [2.05, 4.69) is 5.32 Å². The average molecular weight is 295 g/mol. The highest BCUT2D eigenvalue weighted by molar-refractivity contribution is 7.89. The van der Waals surface area contributed by atoms with Gasteiger partial charge >= 0.3 is 0 Å². The first kappa shape index (κ1) is 14.3. The standard InChI is InChI=1S/C13H14FN3O2S/c1-8-2-4-12(10(14)6-8)17-13-5-3-9(7-11(13)15)20(16,18)19/h2-7,17H,15H2,1H3,(H2,16,18,19). The molecule has 0 unspecified atom stereocenters. The van der Waals surface area contributed by atoms with Gasteiger partial charge in [-0.25, -0.2) is 17.9 Å². The highest BCUT2D eigenvalue weighted by Crippen LogP contribution is 2.27. The molecule has 0 saturated carbocycles. The number of rotatable bonds is 3. The number of benzene rings is 2. The van der Waals surface area contributed by atoms with E-state index in [1.54, 1.807) is 19.1 Å². The molecule has 0 aliphatic carbocycles. The summed E-state index contributed by atoms with van der Waals surface area (Å²) in [6.45, 7) is 1.78. The number of hydrogen-bond acceptors (Lipinski definition) is 4. The number of hydrogen-bond donors (Lipinski definition) is 3. The third-order valence-electron chi connectivity index (χ3n) is 2.75. The highest BCUT2D eigenvalue weighted by Gasteiger charge is 2.11. The number of nitrogens with one attached hydrogen (secondary N) is 1. The first-order valence-electron chi connectivity index (χ1n) is 5.73. The van der Waals surface area contributed by atoms with Crippen molar-refractivity contribution in [2.24, 2.45) is 5.14 Å². The molecule has 2 aromatic carbocycles. The highest BCUT2D eigenvalue weighted by atomic mass is 32.2. The lowest BCUT2D eigenvalue weighted by atomic mass is 10.2. The van der Waals surface area contributed by atoms with Crippen molar-refractivity contribution >= 4 is 27.1 Å². The summed E-state index contributed by atoms with van der Waals surface area (Å²) in [6.07, 6.45) is 0. The Morgan fingerprint density at radius 1 is 1.10 bits per heavy atom. The minimum Gasteiger partial charge on any atom is -0.397 e. The van der Waals surface area contributed by atoms with E-state index in [0.717, 1.165) is 5.56 Å². The molecule has 0 atom stereocenters. The molecule has 0 fully saturated rings. The SMILES string of the molecule is Cc1ccc(Nc2ccc(S(N)(=O)=O)cc2N)c(F)c1. The van der Waals surface area contributed by atoms with Crippen LogP contribution in [0.15, 0.2) is 41.3 Å². The molecule has 0 saturated heterocycles. The van der Waals surface area contributed by atoms with Crippen LogP contribution >= 0.6 is 0 Å². The lowest BCUT2D eigenvalue weighted by Gasteiger charge is -2.11. The van der Waals surface area contributed by atoms with Crippen LogP contribution in [0.25, 0.3) is 0 Å². The monoisotopic (exact) mass is 295 g/mol. The van der Waals surface area contributed by atoms with E-state index >= 15 is 0 Å². The summed E-state index contributed by atoms with van der Waals surface area (Å²) >= 11 is 0. The van der Waals surface area contributed by atoms with Crippen molar-refractivity contribution in [1.29, 1.82) is 0 Å². The van der Waals surface area contributed by atoms with Crippen LogP contribution in [0.4, 0.5) is 21.5 Å². The van der Waals surface area contributed by atoms with Crippen LogP contribution in [0.1, 0.15) is 5.56 Å². The van der Waals surface area contributed by atoms with Gasteiger partial charge in [-0.3, -0.25) is 0 Å². The van der Waals surface area contributed by atoms with E-state index < -0.39 is 15.8 Å². The number of nitrogens with two attached hydrogens (primary N) is 2. The van der Waals surface area contributed by atoms with Gasteiger partial charge < -0.3 is 11.1 Å². The summed E-state index contributed by atoms with van der Waals surface area (Å²) in [4.78, 5) is -0.0927. The smallest absolute Gasteiger partial charge is 0.238 e. The van der Waals surface area contributed by atoms with Gasteiger partial charge in [-0.1, -0.05) is 6.07 Å². The van der Waals surface area contributed by atoms with Gasteiger partial charge in [-0.2, -0.15) is 0 Å². The van der Waals surface area contributed by atoms with Crippen molar-refractivity contribution in [3.05, 3.63) is 47.8 Å². The second kappa shape index (κ2) is 5.10. The molecule has 20 heavy (non-hydrogen) atoms. The van der Waals surface area contributed by atoms with E-state index in [1.165, 1.54) is 24.3 Å². The molecule has 0 radical (unpaired) electrons. The Kier molecular flexibility index (Phi) is 3.65. The quantitative estimate of drug-likeness (QED) is 0.755. The molecule has 2 rings (SSSR count). The summed E-state index contributed by atoms with van der Waals surface area (Å²) < 4.78 is 36.1. The maximum atomic E-state index is 13.7. The Balaban J connectivity index is 2.35. The Morgan fingerprint density at radius 2 is 1.75 bits per heavy atom. The van der Waals surface area contributed by atoms with Gasteiger partial charge in [0.15, 0.2) is 0 Å². The zero-order valence-electron chi connectivity index (χ0n) is 10.7. The summed E-state index contributed by atoms with van der Waals surface area (Å²) in [5, 5.41) is 7.82. The fourth-order valence-corrected chi connectivity index (χ4v) is 2.25. The van der Waals surface area contributed by atoms with Crippen LogP contribution in [0.2, 0.25) is 0 Å². The lowest BCUT2D eigenvalue weighted by molar-refractivity contribution is 0.598. The molecule has 0 aromatic heterocycles. The predicted molar refractivity (Wildman–Crippen MR) is 76.6 cm³/mol. The molecule has 2 aromatic rings. The fraction of sp³-hybridized carbons (Fsp3) is 0.0769. The van der Waals surface area contributed by atoms with Crippen LogP contribution in [-0.4, -0.2) is 8.42 Å². The second-order valence-electron chi connectivity index (χ2n) is 4.40. The van der Waals surface area contributed by atoms with Crippen molar-refractivity contribution in [3.63, 3.8) is 0 Å². The van der Waals surface area contributed by atoms with Crippen molar-refractivity contribution in [1.82, 2.24) is 0 Å². The molecule has 0 aliphatic rings. The predicted octanol–water partition coefficient (Wildman–Crippen LogP) is 2.11. The van der Waals surface area contributed by atoms with Gasteiger partial charge in [-0.05, 0) is 42.8 Å². The molecular weight excluding hydrogens is 281 g/mol. The Bertz CT molecular complexity index is 760. The van der Waals surface area contributed by atoms with Crippen LogP contribution < -0.4 is 16.2 Å². The van der Waals surface area contributed by atoms with Crippen LogP contribution in [-0.2, 0) is 10.0 Å². The van der Waals surface area contributed by atoms with E-state index in [1.807, 2.05) is 0 Å². The van der Waals surface area contributed by atoms with Gasteiger partial charge in [-0.15, -0.1) is 0 Å². The molecule has 7 heteroatoms. The summed E-state index contributed by atoms with van der Waals surface area (Å²) in [6, 6.07) is 8.69. The van der Waals surface area contributed by atoms with E-state index in [9.17, 15) is 12.8 Å². The van der Waals surface area contributed by atoms with Gasteiger partial charge in [0.25, 0.3) is 0 Å².